The normalized spacial score (nSPS) is 13.7. The summed E-state index contributed by atoms with van der Waals surface area (Å²) in [4.78, 5) is 49.5. The molecule has 3 atom stereocenters. The highest BCUT2D eigenvalue weighted by Gasteiger charge is 2.40. The van der Waals surface area contributed by atoms with Gasteiger partial charge in [-0.3, -0.25) is 28.0 Å². The molecule has 6 N–H and O–H groups in total. The van der Waals surface area contributed by atoms with Crippen LogP contribution in [0.25, 0.3) is 33.8 Å². The van der Waals surface area contributed by atoms with E-state index in [4.69, 9.17) is 58.2 Å². The summed E-state index contributed by atoms with van der Waals surface area (Å²) in [5.74, 6) is -20.7. The number of benzene rings is 6. The van der Waals surface area contributed by atoms with Crippen molar-refractivity contribution in [1.82, 2.24) is 15.0 Å². The summed E-state index contributed by atoms with van der Waals surface area (Å²) >= 11 is 9.18. The lowest BCUT2D eigenvalue weighted by Crippen LogP contribution is -2.22. The average molecular weight is 1570 g/mol. The molecule has 9 aromatic rings. The second kappa shape index (κ2) is 27.9. The lowest BCUT2D eigenvalue weighted by Gasteiger charge is -2.25. The third-order valence-electron chi connectivity index (χ3n) is 13.0. The number of nitrogens with zero attached hydrogens (tertiary/aromatic N) is 3. The van der Waals surface area contributed by atoms with E-state index >= 15 is 17.7 Å². The van der Waals surface area contributed by atoms with Gasteiger partial charge in [0.15, 0.2) is 67.0 Å². The molecule has 0 fully saturated rings. The van der Waals surface area contributed by atoms with Crippen LogP contribution in [-0.4, -0.2) is 52.5 Å². The van der Waals surface area contributed by atoms with Crippen molar-refractivity contribution < 1.29 is 126 Å². The van der Waals surface area contributed by atoms with Crippen molar-refractivity contribution in [2.24, 2.45) is 17.2 Å². The van der Waals surface area contributed by atoms with Gasteiger partial charge in [0.1, 0.15) is 71.0 Å². The van der Waals surface area contributed by atoms with Crippen LogP contribution in [0.4, 0.5) is 65.9 Å². The molecule has 0 aliphatic rings. The number of hydrogen-bond acceptors (Lipinski definition) is 16. The summed E-state index contributed by atoms with van der Waals surface area (Å²) in [6, 6.07) is 12.7. The first-order valence-electron chi connectivity index (χ1n) is 25.9. The van der Waals surface area contributed by atoms with Gasteiger partial charge in [-0.1, -0.05) is 36.4 Å². The molecule has 38 heteroatoms. The summed E-state index contributed by atoms with van der Waals surface area (Å²) in [6.07, 6.45) is -21.2. The molecule has 0 saturated heterocycles. The lowest BCUT2D eigenvalue weighted by atomic mass is 10.1. The number of aromatic nitrogens is 3. The third kappa shape index (κ3) is 16.0. The fourth-order valence-electron chi connectivity index (χ4n) is 8.42. The zero-order valence-electron chi connectivity index (χ0n) is 46.4. The Morgan fingerprint density at radius 2 is 0.642 bits per heavy atom. The molecule has 3 aromatic heterocycles. The van der Waals surface area contributed by atoms with Crippen molar-refractivity contribution in [1.29, 1.82) is 0 Å². The van der Waals surface area contributed by atoms with Gasteiger partial charge in [0.05, 0.1) is 16.7 Å². The summed E-state index contributed by atoms with van der Waals surface area (Å²) in [5, 5.41) is 0. The number of halogens is 18. The summed E-state index contributed by atoms with van der Waals surface area (Å²) in [7, 11) is -5.93. The van der Waals surface area contributed by atoms with Gasteiger partial charge in [-0.25, -0.2) is 45.9 Å². The third-order valence-corrected chi connectivity index (χ3v) is 16.0. The van der Waals surface area contributed by atoms with Gasteiger partial charge in [-0.2, -0.15) is 39.5 Å². The molecular formula is C57H33Br3F15N6O13P. The van der Waals surface area contributed by atoms with Crippen molar-refractivity contribution >= 4 is 73.3 Å². The van der Waals surface area contributed by atoms with Crippen LogP contribution < -0.4 is 31.4 Å². The molecule has 0 aliphatic carbocycles. The van der Waals surface area contributed by atoms with Crippen molar-refractivity contribution in [3.05, 3.63) is 209 Å². The first-order chi connectivity index (χ1) is 44.5. The minimum absolute atomic E-state index is 0.113. The lowest BCUT2D eigenvalue weighted by molar-refractivity contribution is -0.138. The van der Waals surface area contributed by atoms with E-state index in [9.17, 15) is 67.1 Å². The maximum Gasteiger partial charge on any atom is 0.475 e. The quantitative estimate of drug-likeness (QED) is 0.0374. The van der Waals surface area contributed by atoms with E-state index in [0.29, 0.717) is 72.8 Å². The van der Waals surface area contributed by atoms with Gasteiger partial charge in [0.25, 0.3) is 17.7 Å². The van der Waals surface area contributed by atoms with Crippen LogP contribution in [0.15, 0.2) is 136 Å². The van der Waals surface area contributed by atoms with E-state index in [1.807, 2.05) is 0 Å². The largest absolute Gasteiger partial charge is 0.475 e. The summed E-state index contributed by atoms with van der Waals surface area (Å²) < 4.78 is 282. The molecular weight excluding hydrogens is 1530 g/mol. The highest BCUT2D eigenvalue weighted by molar-refractivity contribution is 9.11. The number of phosphoric acid groups is 1. The Labute approximate surface area is 545 Å². The number of alkyl halides is 9. The molecule has 9 rings (SSSR count). The van der Waals surface area contributed by atoms with Crippen LogP contribution >= 0.6 is 55.6 Å². The van der Waals surface area contributed by atoms with Crippen LogP contribution in [0.2, 0.25) is 0 Å². The van der Waals surface area contributed by atoms with Crippen LogP contribution in [0.1, 0.15) is 83.7 Å². The number of primary amides is 3. The number of ether oxygens (including phenoxy) is 3. The SMILES string of the molecule is NC(=O)c1c(F)ccc(OC(COP(=O)(OCC(Oc2ccc(F)c(C(N)=O)c2F)c2nc(-c3ccc(C(F)(F)F)cc3)c(Br)o2)OCC(Oc2ccc(F)c(C(N)=O)c2F)c2nc(-c3ccc(C(F)(F)F)cc3)c(Br)o2)c2nc(-c3ccc(C(F)(F)F)cc3)c(Br)o2)c1F. The number of hydrogen-bond donors (Lipinski definition) is 3. The Balaban J connectivity index is 1.18. The Kier molecular flexibility index (Phi) is 20.7. The maximum absolute atomic E-state index is 16.1. The zero-order chi connectivity index (χ0) is 69.4. The fourth-order valence-corrected chi connectivity index (χ4v) is 11.0. The van der Waals surface area contributed by atoms with E-state index in [-0.39, 0.29) is 33.8 Å². The number of nitrogens with two attached hydrogens (primary N) is 3. The van der Waals surface area contributed by atoms with Crippen molar-refractivity contribution in [3.63, 3.8) is 0 Å². The molecule has 3 unspecified atom stereocenters. The van der Waals surface area contributed by atoms with Crippen molar-refractivity contribution in [3.8, 4) is 51.0 Å². The van der Waals surface area contributed by atoms with E-state index in [0.717, 1.165) is 36.4 Å². The standard InChI is InChI=1S/C57H33Br3F15N6O13P/c58-46-43(22-1-7-25(8-2-22)55(67,68)69)79-52(92-46)34(89-31-16-13-28(61)37(40(31)64)49(76)82)19-86-95(85,87-20-35(90-32-17-14-29(62)38(41(32)65)50(77)83)53-80-44(47(59)93-53)23-3-9-26(10-4-23)56(70,71)72)88-21-36(91-33-18-15-30(63)39(42(33)66)51(78)84)54-81-45(48(60)94-54)24-5-11-27(12-6-24)57(73,74)75/h1-18,34-36H,19-21H2,(H2,76,82)(H2,77,83)(H2,78,84). The minimum atomic E-state index is -5.93. The van der Waals surface area contributed by atoms with E-state index in [2.05, 4.69) is 62.7 Å². The smallest absolute Gasteiger partial charge is 0.475 e. The van der Waals surface area contributed by atoms with E-state index in [1.165, 1.54) is 0 Å². The number of phosphoric ester groups is 1. The van der Waals surface area contributed by atoms with Crippen LogP contribution in [0.5, 0.6) is 17.2 Å². The van der Waals surface area contributed by atoms with Gasteiger partial charge in [0, 0.05) is 16.7 Å². The van der Waals surface area contributed by atoms with Gasteiger partial charge >= 0.3 is 26.4 Å². The molecule has 19 nitrogen and oxygen atoms in total. The van der Waals surface area contributed by atoms with Gasteiger partial charge < -0.3 is 44.7 Å². The number of carbonyl (C=O) groups excluding carboxylic acids is 3. The van der Waals surface area contributed by atoms with Gasteiger partial charge in [-0.05, 0) is 121 Å². The molecule has 0 aliphatic heterocycles. The highest BCUT2D eigenvalue weighted by atomic mass is 79.9. The Hall–Kier alpha value is -8.74. The molecule has 95 heavy (non-hydrogen) atoms. The molecule has 3 amide bonds. The van der Waals surface area contributed by atoms with Crippen molar-refractivity contribution in [2.75, 3.05) is 19.8 Å². The first kappa shape index (κ1) is 70.6. The maximum atomic E-state index is 16.1. The second-order valence-electron chi connectivity index (χ2n) is 19.2. The predicted octanol–water partition coefficient (Wildman–Crippen LogP) is 16.0. The number of amides is 3. The monoisotopic (exact) mass is 1560 g/mol. The number of carbonyl (C=O) groups is 3. The average Bonchev–Trinajstić information content (AvgIpc) is 1.77. The molecule has 0 spiro atoms. The summed E-state index contributed by atoms with van der Waals surface area (Å²) in [6.45, 7) is -4.36. The molecule has 3 heterocycles. The fraction of sp³-hybridized carbons (Fsp3) is 0.158. The molecule has 0 saturated carbocycles. The van der Waals surface area contributed by atoms with Crippen molar-refractivity contribution in [2.45, 2.75) is 36.8 Å². The van der Waals surface area contributed by atoms with Crippen LogP contribution in [0.3, 0.4) is 0 Å². The zero-order valence-corrected chi connectivity index (χ0v) is 52.0. The van der Waals surface area contributed by atoms with E-state index in [1.54, 1.807) is 0 Å². The molecule has 0 radical (unpaired) electrons. The molecule has 0 bridgehead atoms. The van der Waals surface area contributed by atoms with Gasteiger partial charge in [-0.15, -0.1) is 0 Å². The number of rotatable bonds is 24. The predicted molar refractivity (Wildman–Crippen MR) is 304 cm³/mol. The topological polar surface area (TPSA) is 280 Å². The molecule has 500 valence electrons. The van der Waals surface area contributed by atoms with Crippen LogP contribution in [-0.2, 0) is 36.7 Å². The Bertz CT molecular complexity index is 4000. The minimum Gasteiger partial charge on any atom is -0.475 e. The molecule has 6 aromatic carbocycles. The summed E-state index contributed by atoms with van der Waals surface area (Å²) in [5.41, 5.74) is 6.87. The highest BCUT2D eigenvalue weighted by Crippen LogP contribution is 2.53. The number of oxazole rings is 3. The Morgan fingerprint density at radius 3 is 0.853 bits per heavy atom. The van der Waals surface area contributed by atoms with Crippen LogP contribution in [0, 0.1) is 34.9 Å². The van der Waals surface area contributed by atoms with E-state index < -0.39 is 199 Å². The first-order valence-corrected chi connectivity index (χ1v) is 29.7. The second-order valence-corrected chi connectivity index (χ2v) is 23.0. The van der Waals surface area contributed by atoms with Gasteiger partial charge in [0.2, 0.25) is 17.7 Å². The Morgan fingerprint density at radius 1 is 0.411 bits per heavy atom.